The Bertz CT molecular complexity index is 520. The van der Waals surface area contributed by atoms with Crippen LogP contribution < -0.4 is 5.32 Å². The van der Waals surface area contributed by atoms with Gasteiger partial charge >= 0.3 is 0 Å². The first-order valence-corrected chi connectivity index (χ1v) is 6.72. The Morgan fingerprint density at radius 2 is 2.33 bits per heavy atom. The van der Waals surface area contributed by atoms with E-state index < -0.39 is 0 Å². The first kappa shape index (κ1) is 11.8. The molecule has 1 aliphatic rings. The molecule has 1 saturated heterocycles. The lowest BCUT2D eigenvalue weighted by molar-refractivity contribution is 0.0130. The third kappa shape index (κ3) is 2.57. The minimum atomic E-state index is 0.392. The van der Waals surface area contributed by atoms with Crippen LogP contribution in [-0.2, 0) is 11.3 Å². The van der Waals surface area contributed by atoms with E-state index in [0.717, 1.165) is 26.0 Å². The Hall–Kier alpha value is -1.32. The van der Waals surface area contributed by atoms with Crippen molar-refractivity contribution < 1.29 is 4.74 Å². The zero-order valence-corrected chi connectivity index (χ0v) is 10.8. The third-order valence-electron chi connectivity index (χ3n) is 3.70. The molecule has 18 heavy (non-hydrogen) atoms. The molecule has 2 unspecified atom stereocenters. The van der Waals surface area contributed by atoms with Crippen molar-refractivity contribution in [1.82, 2.24) is 10.3 Å². The van der Waals surface area contributed by atoms with E-state index in [1.54, 1.807) is 0 Å². The summed E-state index contributed by atoms with van der Waals surface area (Å²) in [6, 6.07) is 9.31. The minimum absolute atomic E-state index is 0.392. The van der Waals surface area contributed by atoms with E-state index in [1.165, 1.54) is 16.5 Å². The van der Waals surface area contributed by atoms with E-state index in [9.17, 15) is 0 Å². The summed E-state index contributed by atoms with van der Waals surface area (Å²) in [6.45, 7) is 3.98. The van der Waals surface area contributed by atoms with Gasteiger partial charge in [0.1, 0.15) is 0 Å². The fourth-order valence-corrected chi connectivity index (χ4v) is 2.66. The maximum Gasteiger partial charge on any atom is 0.0561 e. The van der Waals surface area contributed by atoms with Gasteiger partial charge in [-0.2, -0.15) is 0 Å². The maximum absolute atomic E-state index is 5.56. The van der Waals surface area contributed by atoms with Crippen LogP contribution in [0.2, 0.25) is 0 Å². The van der Waals surface area contributed by atoms with Crippen LogP contribution in [0.5, 0.6) is 0 Å². The molecule has 3 nitrogen and oxygen atoms in total. The van der Waals surface area contributed by atoms with Gasteiger partial charge in [0.25, 0.3) is 0 Å². The zero-order chi connectivity index (χ0) is 12.4. The van der Waals surface area contributed by atoms with Gasteiger partial charge in [0.15, 0.2) is 0 Å². The van der Waals surface area contributed by atoms with Gasteiger partial charge in [-0.25, -0.2) is 0 Å². The largest absolute Gasteiger partial charge is 0.378 e. The quantitative estimate of drug-likeness (QED) is 0.871. The van der Waals surface area contributed by atoms with Crippen LogP contribution in [0, 0.1) is 0 Å². The Morgan fingerprint density at radius 3 is 3.22 bits per heavy atom. The monoisotopic (exact) mass is 244 g/mol. The highest BCUT2D eigenvalue weighted by atomic mass is 16.5. The summed E-state index contributed by atoms with van der Waals surface area (Å²) in [5, 5.41) is 4.92. The molecular weight excluding hydrogens is 224 g/mol. The second-order valence-corrected chi connectivity index (χ2v) is 5.18. The van der Waals surface area contributed by atoms with Gasteiger partial charge in [0.05, 0.1) is 6.10 Å². The predicted molar refractivity (Wildman–Crippen MR) is 73.6 cm³/mol. The molecule has 0 radical (unpaired) electrons. The van der Waals surface area contributed by atoms with Crippen LogP contribution in [0.15, 0.2) is 30.5 Å². The fraction of sp³-hybridized carbons (Fsp3) is 0.467. The van der Waals surface area contributed by atoms with Gasteiger partial charge in [-0.1, -0.05) is 6.07 Å². The van der Waals surface area contributed by atoms with Gasteiger partial charge in [0, 0.05) is 30.9 Å². The summed E-state index contributed by atoms with van der Waals surface area (Å²) in [5.41, 5.74) is 2.56. The smallest absolute Gasteiger partial charge is 0.0561 e. The Kier molecular flexibility index (Phi) is 3.35. The van der Waals surface area contributed by atoms with Crippen LogP contribution in [0.4, 0.5) is 0 Å². The average Bonchev–Trinajstić information content (AvgIpc) is 2.84. The molecule has 0 aliphatic carbocycles. The van der Waals surface area contributed by atoms with E-state index in [-0.39, 0.29) is 0 Å². The predicted octanol–water partition coefficient (Wildman–Crippen LogP) is 2.83. The second kappa shape index (κ2) is 5.12. The maximum atomic E-state index is 5.56. The van der Waals surface area contributed by atoms with Crippen LogP contribution in [0.3, 0.4) is 0 Å². The lowest BCUT2D eigenvalue weighted by atomic mass is 10.0. The van der Waals surface area contributed by atoms with E-state index >= 15 is 0 Å². The Balaban J connectivity index is 1.61. The molecule has 96 valence electrons. The number of H-pyrrole nitrogens is 1. The van der Waals surface area contributed by atoms with Crippen LogP contribution in [-0.4, -0.2) is 23.7 Å². The first-order chi connectivity index (χ1) is 8.81. The molecule has 3 heteroatoms. The van der Waals surface area contributed by atoms with Crippen molar-refractivity contribution in [3.05, 3.63) is 36.0 Å². The van der Waals surface area contributed by atoms with E-state index in [1.807, 2.05) is 6.20 Å². The molecule has 1 aromatic carbocycles. The van der Waals surface area contributed by atoms with E-state index in [0.29, 0.717) is 12.1 Å². The lowest BCUT2D eigenvalue weighted by Crippen LogP contribution is -2.37. The molecule has 1 aromatic heterocycles. The zero-order valence-electron chi connectivity index (χ0n) is 10.8. The molecule has 0 bridgehead atoms. The minimum Gasteiger partial charge on any atom is -0.378 e. The molecule has 0 amide bonds. The van der Waals surface area contributed by atoms with Gasteiger partial charge in [0.2, 0.25) is 0 Å². The summed E-state index contributed by atoms with van der Waals surface area (Å²) >= 11 is 0. The van der Waals surface area contributed by atoms with Gasteiger partial charge in [-0.05, 0) is 48.9 Å². The van der Waals surface area contributed by atoms with Crippen molar-refractivity contribution in [2.75, 3.05) is 6.61 Å². The molecule has 2 N–H and O–H groups in total. The number of benzene rings is 1. The number of hydrogen-bond donors (Lipinski definition) is 2. The molecule has 3 rings (SSSR count). The van der Waals surface area contributed by atoms with E-state index in [4.69, 9.17) is 4.74 Å². The van der Waals surface area contributed by atoms with Gasteiger partial charge < -0.3 is 15.0 Å². The summed E-state index contributed by atoms with van der Waals surface area (Å²) in [4.78, 5) is 3.22. The van der Waals surface area contributed by atoms with Crippen LogP contribution in [0.25, 0.3) is 10.9 Å². The fourth-order valence-electron chi connectivity index (χ4n) is 2.66. The Labute approximate surface area is 108 Å². The van der Waals surface area contributed by atoms with Crippen LogP contribution >= 0.6 is 0 Å². The summed E-state index contributed by atoms with van der Waals surface area (Å²) < 4.78 is 5.56. The van der Waals surface area contributed by atoms with Gasteiger partial charge in [-0.3, -0.25) is 0 Å². The molecule has 0 saturated carbocycles. The van der Waals surface area contributed by atoms with Crippen molar-refractivity contribution in [3.63, 3.8) is 0 Å². The number of hydrogen-bond acceptors (Lipinski definition) is 2. The number of aromatic amines is 1. The lowest BCUT2D eigenvalue weighted by Gasteiger charge is -2.28. The van der Waals surface area contributed by atoms with Gasteiger partial charge in [-0.15, -0.1) is 0 Å². The molecule has 2 heterocycles. The van der Waals surface area contributed by atoms with Crippen molar-refractivity contribution in [2.45, 2.75) is 38.5 Å². The number of ether oxygens (including phenoxy) is 1. The molecular formula is C15H20N2O. The molecule has 1 aliphatic heterocycles. The number of fused-ring (bicyclic) bond motifs is 1. The summed E-state index contributed by atoms with van der Waals surface area (Å²) in [5.74, 6) is 0. The highest BCUT2D eigenvalue weighted by Gasteiger charge is 2.18. The molecule has 2 aromatic rings. The number of aromatic nitrogens is 1. The average molecular weight is 244 g/mol. The summed E-state index contributed by atoms with van der Waals surface area (Å²) in [7, 11) is 0. The standard InChI is InChI=1S/C15H20N2O/c1-11-8-14(5-7-18-11)17-10-12-2-3-15-13(9-12)4-6-16-15/h2-4,6,9,11,14,16-17H,5,7-8,10H2,1H3. The SMILES string of the molecule is CC1CC(NCc2ccc3[nH]ccc3c2)CCO1. The normalized spacial score (nSPS) is 24.5. The number of nitrogens with one attached hydrogen (secondary N) is 2. The Morgan fingerprint density at radius 1 is 1.39 bits per heavy atom. The van der Waals surface area contributed by atoms with Crippen molar-refractivity contribution in [1.29, 1.82) is 0 Å². The second-order valence-electron chi connectivity index (χ2n) is 5.18. The van der Waals surface area contributed by atoms with Crippen molar-refractivity contribution in [2.24, 2.45) is 0 Å². The van der Waals surface area contributed by atoms with E-state index in [2.05, 4.69) is 41.5 Å². The highest BCUT2D eigenvalue weighted by molar-refractivity contribution is 5.79. The molecule has 0 spiro atoms. The topological polar surface area (TPSA) is 37.0 Å². The third-order valence-corrected chi connectivity index (χ3v) is 3.70. The molecule has 1 fully saturated rings. The molecule has 2 atom stereocenters. The number of rotatable bonds is 3. The van der Waals surface area contributed by atoms with Crippen LogP contribution in [0.1, 0.15) is 25.3 Å². The summed E-state index contributed by atoms with van der Waals surface area (Å²) in [6.07, 6.45) is 4.62. The van der Waals surface area contributed by atoms with Crippen molar-refractivity contribution in [3.8, 4) is 0 Å². The van der Waals surface area contributed by atoms with Crippen molar-refractivity contribution >= 4 is 10.9 Å². The highest BCUT2D eigenvalue weighted by Crippen LogP contribution is 2.16. The first-order valence-electron chi connectivity index (χ1n) is 6.72.